The molecule has 1 rings (SSSR count). The molecule has 2 nitrogen and oxygen atoms in total. The highest BCUT2D eigenvalue weighted by Crippen LogP contribution is 2.16. The van der Waals surface area contributed by atoms with Crippen molar-refractivity contribution in [2.75, 3.05) is 20.1 Å². The van der Waals surface area contributed by atoms with Crippen molar-refractivity contribution in [3.63, 3.8) is 0 Å². The van der Waals surface area contributed by atoms with Crippen molar-refractivity contribution < 1.29 is 8.78 Å². The zero-order chi connectivity index (χ0) is 13.7. The summed E-state index contributed by atoms with van der Waals surface area (Å²) in [5.41, 5.74) is 0.604. The Bertz CT molecular complexity index is 394. The van der Waals surface area contributed by atoms with Crippen LogP contribution >= 0.6 is 0 Å². The molecule has 1 unspecified atom stereocenters. The number of rotatable bonds is 6. The smallest absolute Gasteiger partial charge is 0.133 e. The number of benzene rings is 1. The second-order valence-electron chi connectivity index (χ2n) is 4.79. The van der Waals surface area contributed by atoms with Gasteiger partial charge in [-0.05, 0) is 39.1 Å². The molecule has 0 bridgehead atoms. The summed E-state index contributed by atoms with van der Waals surface area (Å²) in [5, 5.41) is 3.15. The first kappa shape index (κ1) is 15.1. The summed E-state index contributed by atoms with van der Waals surface area (Å²) in [6, 6.07) is 2.97. The lowest BCUT2D eigenvalue weighted by Gasteiger charge is -2.21. The van der Waals surface area contributed by atoms with Gasteiger partial charge in [-0.3, -0.25) is 0 Å². The summed E-state index contributed by atoms with van der Waals surface area (Å²) >= 11 is 0. The summed E-state index contributed by atoms with van der Waals surface area (Å²) in [6.07, 6.45) is 0. The van der Waals surface area contributed by atoms with E-state index in [2.05, 4.69) is 17.1 Å². The van der Waals surface area contributed by atoms with Gasteiger partial charge in [-0.1, -0.05) is 13.0 Å². The quantitative estimate of drug-likeness (QED) is 0.842. The van der Waals surface area contributed by atoms with Gasteiger partial charge in [0.2, 0.25) is 0 Å². The van der Waals surface area contributed by atoms with E-state index in [0.717, 1.165) is 13.1 Å². The van der Waals surface area contributed by atoms with Crippen LogP contribution < -0.4 is 5.32 Å². The van der Waals surface area contributed by atoms with Crippen LogP contribution in [0.3, 0.4) is 0 Å². The highest BCUT2D eigenvalue weighted by Gasteiger charge is 2.12. The highest BCUT2D eigenvalue weighted by molar-refractivity contribution is 5.26. The standard InChI is InChI=1S/C14H22F2N2/c1-5-18(4)9-11(3)17-8-12-13(15)7-6-10(2)14(12)16/h6-7,11,17H,5,8-9H2,1-4H3. The van der Waals surface area contributed by atoms with Crippen molar-refractivity contribution in [2.24, 2.45) is 0 Å². The molecule has 0 radical (unpaired) electrons. The fraction of sp³-hybridized carbons (Fsp3) is 0.571. The Morgan fingerprint density at radius 2 is 2.00 bits per heavy atom. The van der Waals surface area contributed by atoms with Gasteiger partial charge in [0.25, 0.3) is 0 Å². The van der Waals surface area contributed by atoms with Crippen LogP contribution in [0.2, 0.25) is 0 Å². The minimum Gasteiger partial charge on any atom is -0.309 e. The van der Waals surface area contributed by atoms with Gasteiger partial charge in [0.1, 0.15) is 11.6 Å². The highest BCUT2D eigenvalue weighted by atomic mass is 19.1. The van der Waals surface area contributed by atoms with Crippen LogP contribution in [-0.2, 0) is 6.54 Å². The summed E-state index contributed by atoms with van der Waals surface area (Å²) in [7, 11) is 2.02. The second-order valence-corrected chi connectivity index (χ2v) is 4.79. The molecule has 0 aliphatic rings. The van der Waals surface area contributed by atoms with Gasteiger partial charge < -0.3 is 10.2 Å². The second kappa shape index (κ2) is 6.81. The van der Waals surface area contributed by atoms with Crippen LogP contribution in [0.5, 0.6) is 0 Å². The fourth-order valence-corrected chi connectivity index (χ4v) is 1.81. The lowest BCUT2D eigenvalue weighted by atomic mass is 10.1. The van der Waals surface area contributed by atoms with E-state index in [0.29, 0.717) is 5.56 Å². The Hall–Kier alpha value is -1.00. The largest absolute Gasteiger partial charge is 0.309 e. The van der Waals surface area contributed by atoms with Crippen molar-refractivity contribution in [3.8, 4) is 0 Å². The topological polar surface area (TPSA) is 15.3 Å². The Morgan fingerprint density at radius 1 is 1.33 bits per heavy atom. The van der Waals surface area contributed by atoms with E-state index in [4.69, 9.17) is 0 Å². The first-order valence-electron chi connectivity index (χ1n) is 6.31. The third kappa shape index (κ3) is 4.03. The third-order valence-corrected chi connectivity index (χ3v) is 3.13. The lowest BCUT2D eigenvalue weighted by Crippen LogP contribution is -2.37. The maximum absolute atomic E-state index is 13.8. The SMILES string of the molecule is CCN(C)CC(C)NCc1c(F)ccc(C)c1F. The van der Waals surface area contributed by atoms with Crippen molar-refractivity contribution >= 4 is 0 Å². The van der Waals surface area contributed by atoms with Gasteiger partial charge in [-0.2, -0.15) is 0 Å². The molecule has 0 amide bonds. The number of aryl methyl sites for hydroxylation is 1. The first-order chi connectivity index (χ1) is 8.45. The van der Waals surface area contributed by atoms with Crippen LogP contribution in [0.1, 0.15) is 25.0 Å². The first-order valence-corrected chi connectivity index (χ1v) is 6.31. The van der Waals surface area contributed by atoms with Crippen LogP contribution in [-0.4, -0.2) is 31.1 Å². The molecular weight excluding hydrogens is 234 g/mol. The molecular formula is C14H22F2N2. The molecule has 0 aromatic heterocycles. The molecule has 0 aliphatic heterocycles. The van der Waals surface area contributed by atoms with E-state index in [-0.39, 0.29) is 18.2 Å². The minimum absolute atomic E-state index is 0.126. The van der Waals surface area contributed by atoms with Crippen molar-refractivity contribution in [3.05, 3.63) is 34.9 Å². The molecule has 1 atom stereocenters. The van der Waals surface area contributed by atoms with Gasteiger partial charge in [0, 0.05) is 24.7 Å². The summed E-state index contributed by atoms with van der Waals surface area (Å²) in [6.45, 7) is 7.76. The van der Waals surface area contributed by atoms with E-state index < -0.39 is 11.6 Å². The molecule has 0 heterocycles. The van der Waals surface area contributed by atoms with Crippen LogP contribution in [0, 0.1) is 18.6 Å². The Kier molecular flexibility index (Phi) is 5.69. The monoisotopic (exact) mass is 256 g/mol. The molecule has 0 aliphatic carbocycles. The molecule has 102 valence electrons. The lowest BCUT2D eigenvalue weighted by molar-refractivity contribution is 0.308. The molecule has 1 aromatic carbocycles. The number of halogens is 2. The molecule has 0 saturated carbocycles. The third-order valence-electron chi connectivity index (χ3n) is 3.13. The zero-order valence-corrected chi connectivity index (χ0v) is 11.6. The minimum atomic E-state index is -0.485. The normalized spacial score (nSPS) is 13.1. The van der Waals surface area contributed by atoms with Gasteiger partial charge >= 0.3 is 0 Å². The van der Waals surface area contributed by atoms with Crippen LogP contribution in [0.15, 0.2) is 12.1 Å². The molecule has 0 saturated heterocycles. The maximum Gasteiger partial charge on any atom is 0.133 e. The number of hydrogen-bond donors (Lipinski definition) is 1. The predicted molar refractivity (Wildman–Crippen MR) is 70.6 cm³/mol. The van der Waals surface area contributed by atoms with Crippen LogP contribution in [0.25, 0.3) is 0 Å². The van der Waals surface area contributed by atoms with E-state index in [9.17, 15) is 8.78 Å². The Balaban J connectivity index is 2.61. The van der Waals surface area contributed by atoms with Gasteiger partial charge in [-0.15, -0.1) is 0 Å². The molecule has 18 heavy (non-hydrogen) atoms. The number of nitrogens with one attached hydrogen (secondary N) is 1. The molecule has 4 heteroatoms. The van der Waals surface area contributed by atoms with Gasteiger partial charge in [0.15, 0.2) is 0 Å². The summed E-state index contributed by atoms with van der Waals surface area (Å²) < 4.78 is 27.3. The number of hydrogen-bond acceptors (Lipinski definition) is 2. The van der Waals surface area contributed by atoms with Crippen molar-refractivity contribution in [1.29, 1.82) is 0 Å². The number of likely N-dealkylation sites (N-methyl/N-ethyl adjacent to an activating group) is 1. The molecule has 1 N–H and O–H groups in total. The van der Waals surface area contributed by atoms with E-state index in [1.807, 2.05) is 14.0 Å². The molecule has 0 fully saturated rings. The van der Waals surface area contributed by atoms with Crippen molar-refractivity contribution in [1.82, 2.24) is 10.2 Å². The number of nitrogens with zero attached hydrogens (tertiary/aromatic N) is 1. The Morgan fingerprint density at radius 3 is 2.61 bits per heavy atom. The van der Waals surface area contributed by atoms with E-state index in [1.54, 1.807) is 6.92 Å². The van der Waals surface area contributed by atoms with Crippen LogP contribution in [0.4, 0.5) is 8.78 Å². The Labute approximate surface area is 108 Å². The average Bonchev–Trinajstić information content (AvgIpc) is 2.34. The average molecular weight is 256 g/mol. The van der Waals surface area contributed by atoms with Gasteiger partial charge in [-0.25, -0.2) is 8.78 Å². The summed E-state index contributed by atoms with van der Waals surface area (Å²) in [4.78, 5) is 2.15. The molecule has 1 aromatic rings. The summed E-state index contributed by atoms with van der Waals surface area (Å²) in [5.74, 6) is -0.930. The zero-order valence-electron chi connectivity index (χ0n) is 11.6. The maximum atomic E-state index is 13.8. The van der Waals surface area contributed by atoms with E-state index >= 15 is 0 Å². The van der Waals surface area contributed by atoms with Gasteiger partial charge in [0.05, 0.1) is 0 Å². The molecule has 0 spiro atoms. The van der Waals surface area contributed by atoms with Crippen molar-refractivity contribution in [2.45, 2.75) is 33.4 Å². The fourth-order valence-electron chi connectivity index (χ4n) is 1.81. The predicted octanol–water partition coefficient (Wildman–Crippen LogP) is 2.70. The van der Waals surface area contributed by atoms with E-state index in [1.165, 1.54) is 12.1 Å².